The van der Waals surface area contributed by atoms with E-state index in [1.165, 1.54) is 7.11 Å². The monoisotopic (exact) mass is 444 g/mol. The van der Waals surface area contributed by atoms with Crippen LogP contribution >= 0.6 is 0 Å². The molecule has 0 spiro atoms. The maximum atomic E-state index is 12.7. The van der Waals surface area contributed by atoms with Crippen LogP contribution in [0.4, 0.5) is 0 Å². The largest absolute Gasteiger partial charge is 0.481 e. The molecule has 3 aromatic heterocycles. The Hall–Kier alpha value is -3.31. The van der Waals surface area contributed by atoms with Crippen LogP contribution in [0.2, 0.25) is 0 Å². The molecule has 31 heavy (non-hydrogen) atoms. The molecule has 0 atom stereocenters. The molecule has 0 aliphatic heterocycles. The summed E-state index contributed by atoms with van der Waals surface area (Å²) in [6.07, 6.45) is 4.27. The zero-order chi connectivity index (χ0) is 22.6. The first-order valence-electron chi connectivity index (χ1n) is 9.47. The highest BCUT2D eigenvalue weighted by Gasteiger charge is 2.20. The molecule has 0 aliphatic rings. The number of sulfonamides is 1. The summed E-state index contributed by atoms with van der Waals surface area (Å²) in [6, 6.07) is 8.68. The van der Waals surface area contributed by atoms with Crippen molar-refractivity contribution in [3.63, 3.8) is 0 Å². The van der Waals surface area contributed by atoms with Crippen LogP contribution in [0.1, 0.15) is 23.0 Å². The molecule has 1 N–H and O–H groups in total. The Morgan fingerprint density at radius 3 is 2.52 bits per heavy atom. The number of aromatic nitrogens is 4. The van der Waals surface area contributed by atoms with E-state index in [1.807, 2.05) is 6.92 Å². The summed E-state index contributed by atoms with van der Waals surface area (Å²) in [6.45, 7) is 2.57. The average Bonchev–Trinajstić information content (AvgIpc) is 3.22. The van der Waals surface area contributed by atoms with Crippen molar-refractivity contribution in [3.8, 4) is 23.0 Å². The third-order valence-corrected chi connectivity index (χ3v) is 5.22. The van der Waals surface area contributed by atoms with Crippen molar-refractivity contribution in [2.24, 2.45) is 0 Å². The fraction of sp³-hybridized carbons (Fsp3) is 0.300. The Balaban J connectivity index is 2.00. The predicted octanol–water partition coefficient (Wildman–Crippen LogP) is 1.48. The summed E-state index contributed by atoms with van der Waals surface area (Å²) in [5, 5.41) is 4.49. The first-order chi connectivity index (χ1) is 14.7. The molecular formula is C20H24N6O4S. The molecule has 1 amide bonds. The van der Waals surface area contributed by atoms with Crippen molar-refractivity contribution in [2.45, 2.75) is 13.5 Å². The third kappa shape index (κ3) is 5.44. The number of nitrogens with zero attached hydrogens (tertiary/aromatic N) is 5. The molecule has 0 saturated heterocycles. The summed E-state index contributed by atoms with van der Waals surface area (Å²) in [5.41, 5.74) is 2.79. The van der Waals surface area contributed by atoms with E-state index in [0.717, 1.165) is 6.26 Å². The van der Waals surface area contributed by atoms with E-state index >= 15 is 0 Å². The number of ether oxygens (including phenoxy) is 1. The molecule has 0 aliphatic carbocycles. The Bertz CT molecular complexity index is 1160. The van der Waals surface area contributed by atoms with E-state index in [-0.39, 0.29) is 18.1 Å². The molecule has 0 aromatic carbocycles. The SMILES string of the molecule is CCN(C)C(=O)c1cc(-c2ccc(CNS(C)(=O)=O)cn2)n(-c2ccc(OC)nc2)n1. The van der Waals surface area contributed by atoms with Gasteiger partial charge in [0, 0.05) is 32.4 Å². The summed E-state index contributed by atoms with van der Waals surface area (Å²) < 4.78 is 31.7. The summed E-state index contributed by atoms with van der Waals surface area (Å²) >= 11 is 0. The normalized spacial score (nSPS) is 11.4. The van der Waals surface area contributed by atoms with Crippen molar-refractivity contribution in [1.82, 2.24) is 29.4 Å². The lowest BCUT2D eigenvalue weighted by Crippen LogP contribution is -2.26. The molecule has 3 aromatic rings. The van der Waals surface area contributed by atoms with E-state index in [0.29, 0.717) is 35.1 Å². The van der Waals surface area contributed by atoms with Crippen LogP contribution in [0.15, 0.2) is 42.7 Å². The molecule has 0 radical (unpaired) electrons. The molecule has 0 bridgehead atoms. The highest BCUT2D eigenvalue weighted by atomic mass is 32.2. The Morgan fingerprint density at radius 2 is 1.97 bits per heavy atom. The van der Waals surface area contributed by atoms with Crippen molar-refractivity contribution < 1.29 is 17.9 Å². The van der Waals surface area contributed by atoms with Gasteiger partial charge in [0.25, 0.3) is 5.91 Å². The summed E-state index contributed by atoms with van der Waals surface area (Å²) in [4.78, 5) is 22.9. The van der Waals surface area contributed by atoms with E-state index < -0.39 is 10.0 Å². The number of hydrogen-bond acceptors (Lipinski definition) is 7. The minimum absolute atomic E-state index is 0.138. The van der Waals surface area contributed by atoms with Crippen LogP contribution in [0.3, 0.4) is 0 Å². The van der Waals surface area contributed by atoms with Crippen LogP contribution in [0, 0.1) is 0 Å². The molecule has 164 valence electrons. The Kier molecular flexibility index (Phi) is 6.66. The Morgan fingerprint density at radius 1 is 1.19 bits per heavy atom. The van der Waals surface area contributed by atoms with Crippen LogP contribution in [0.25, 0.3) is 17.1 Å². The summed E-state index contributed by atoms with van der Waals surface area (Å²) in [7, 11) is -0.0646. The molecule has 3 heterocycles. The standard InChI is InChI=1S/C20H24N6O4S/c1-5-25(2)20(27)17-10-18(26(24-17)15-7-9-19(30-3)22-13-15)16-8-6-14(11-21-16)12-23-31(4,28)29/h6-11,13,23H,5,12H2,1-4H3. The number of nitrogens with one attached hydrogen (secondary N) is 1. The van der Waals surface area contributed by atoms with Gasteiger partial charge in [-0.3, -0.25) is 9.78 Å². The van der Waals surface area contributed by atoms with Crippen molar-refractivity contribution in [1.29, 1.82) is 0 Å². The van der Waals surface area contributed by atoms with Crippen LogP contribution < -0.4 is 9.46 Å². The second kappa shape index (κ2) is 9.23. The number of pyridine rings is 2. The van der Waals surface area contributed by atoms with Gasteiger partial charge in [0.15, 0.2) is 5.69 Å². The van der Waals surface area contributed by atoms with Gasteiger partial charge in [-0.2, -0.15) is 5.10 Å². The second-order valence-corrected chi connectivity index (χ2v) is 8.68. The van der Waals surface area contributed by atoms with Gasteiger partial charge >= 0.3 is 0 Å². The first kappa shape index (κ1) is 22.4. The molecule has 0 unspecified atom stereocenters. The first-order valence-corrected chi connectivity index (χ1v) is 11.4. The zero-order valence-electron chi connectivity index (χ0n) is 17.7. The number of rotatable bonds is 8. The number of carbonyl (C=O) groups is 1. The van der Waals surface area contributed by atoms with Gasteiger partial charge in [0.05, 0.1) is 36.6 Å². The topological polar surface area (TPSA) is 119 Å². The number of methoxy groups -OCH3 is 1. The van der Waals surface area contributed by atoms with Crippen LogP contribution in [-0.4, -0.2) is 65.9 Å². The van der Waals surface area contributed by atoms with Gasteiger partial charge in [-0.15, -0.1) is 0 Å². The predicted molar refractivity (Wildman–Crippen MR) is 115 cm³/mol. The van der Waals surface area contributed by atoms with Gasteiger partial charge in [0.1, 0.15) is 0 Å². The number of amides is 1. The third-order valence-electron chi connectivity index (χ3n) is 4.55. The lowest BCUT2D eigenvalue weighted by molar-refractivity contribution is 0.0796. The zero-order valence-corrected chi connectivity index (χ0v) is 18.5. The molecule has 0 saturated carbocycles. The molecule has 3 rings (SSSR count). The van der Waals surface area contributed by atoms with Crippen molar-refractivity contribution in [2.75, 3.05) is 27.0 Å². The van der Waals surface area contributed by atoms with Gasteiger partial charge in [-0.1, -0.05) is 6.07 Å². The van der Waals surface area contributed by atoms with E-state index in [9.17, 15) is 13.2 Å². The van der Waals surface area contributed by atoms with Gasteiger partial charge < -0.3 is 9.64 Å². The maximum Gasteiger partial charge on any atom is 0.274 e. The molecular weight excluding hydrogens is 420 g/mol. The Labute approximate surface area is 180 Å². The number of carbonyl (C=O) groups excluding carboxylic acids is 1. The van der Waals surface area contributed by atoms with E-state index in [1.54, 1.807) is 59.4 Å². The second-order valence-electron chi connectivity index (χ2n) is 6.85. The van der Waals surface area contributed by atoms with Crippen molar-refractivity contribution >= 4 is 15.9 Å². The van der Waals surface area contributed by atoms with E-state index in [4.69, 9.17) is 4.74 Å². The van der Waals surface area contributed by atoms with Gasteiger partial charge in [-0.05, 0) is 30.7 Å². The highest BCUT2D eigenvalue weighted by Crippen LogP contribution is 2.24. The van der Waals surface area contributed by atoms with Gasteiger partial charge in [0.2, 0.25) is 15.9 Å². The number of hydrogen-bond donors (Lipinski definition) is 1. The highest BCUT2D eigenvalue weighted by molar-refractivity contribution is 7.88. The molecule has 0 fully saturated rings. The smallest absolute Gasteiger partial charge is 0.274 e. The fourth-order valence-electron chi connectivity index (χ4n) is 2.72. The molecule has 10 nitrogen and oxygen atoms in total. The van der Waals surface area contributed by atoms with Crippen LogP contribution in [0.5, 0.6) is 5.88 Å². The van der Waals surface area contributed by atoms with Gasteiger partial charge in [-0.25, -0.2) is 22.8 Å². The molecule has 11 heteroatoms. The minimum atomic E-state index is -3.30. The summed E-state index contributed by atoms with van der Waals surface area (Å²) in [5.74, 6) is 0.248. The van der Waals surface area contributed by atoms with Crippen LogP contribution in [-0.2, 0) is 16.6 Å². The lowest BCUT2D eigenvalue weighted by atomic mass is 10.2. The quantitative estimate of drug-likeness (QED) is 0.559. The fourth-order valence-corrected chi connectivity index (χ4v) is 3.15. The lowest BCUT2D eigenvalue weighted by Gasteiger charge is -2.11. The van der Waals surface area contributed by atoms with Crippen molar-refractivity contribution in [3.05, 3.63) is 54.0 Å². The maximum absolute atomic E-state index is 12.7. The minimum Gasteiger partial charge on any atom is -0.481 e. The van der Waals surface area contributed by atoms with E-state index in [2.05, 4.69) is 19.8 Å². The average molecular weight is 445 g/mol.